The Balaban J connectivity index is 1.67. The first kappa shape index (κ1) is 22.1. The molecule has 1 N–H and O–H groups in total. The van der Waals surface area contributed by atoms with Gasteiger partial charge in [-0.15, -0.1) is 11.3 Å². The van der Waals surface area contributed by atoms with Crippen LogP contribution in [0.3, 0.4) is 0 Å². The molecule has 0 saturated heterocycles. The van der Waals surface area contributed by atoms with Crippen LogP contribution in [0, 0.1) is 6.92 Å². The molecular weight excluding hydrogens is 446 g/mol. The molecule has 3 heterocycles. The lowest BCUT2D eigenvalue weighted by Crippen LogP contribution is -2.37. The van der Waals surface area contributed by atoms with E-state index in [9.17, 15) is 14.4 Å². The van der Waals surface area contributed by atoms with Crippen LogP contribution in [0.15, 0.2) is 56.5 Å². The summed E-state index contributed by atoms with van der Waals surface area (Å²) in [7, 11) is 3.05. The minimum absolute atomic E-state index is 0.126. The van der Waals surface area contributed by atoms with Crippen molar-refractivity contribution >= 4 is 40.2 Å². The van der Waals surface area contributed by atoms with Crippen LogP contribution in [0.25, 0.3) is 11.2 Å². The van der Waals surface area contributed by atoms with E-state index < -0.39 is 11.2 Å². The minimum Gasteiger partial charge on any atom is -0.350 e. The van der Waals surface area contributed by atoms with E-state index in [2.05, 4.69) is 10.3 Å². The molecule has 4 rings (SSSR count). The Kier molecular flexibility index (Phi) is 6.33. The minimum atomic E-state index is -0.437. The van der Waals surface area contributed by atoms with E-state index in [-0.39, 0.29) is 11.7 Å². The summed E-state index contributed by atoms with van der Waals surface area (Å²) in [5.74, 6) is 0.0239. The SMILES string of the molecule is Cc1ccc(Cn2c(SCC(=O)NCc3cccs3)nc3c2c(=O)n(C)c(=O)n3C)cc1. The molecule has 32 heavy (non-hydrogen) atoms. The van der Waals surface area contributed by atoms with E-state index in [4.69, 9.17) is 0 Å². The lowest BCUT2D eigenvalue weighted by molar-refractivity contribution is -0.118. The van der Waals surface area contributed by atoms with Crippen molar-refractivity contribution < 1.29 is 4.79 Å². The molecule has 0 bridgehead atoms. The van der Waals surface area contributed by atoms with Crippen molar-refractivity contribution in [2.24, 2.45) is 14.1 Å². The summed E-state index contributed by atoms with van der Waals surface area (Å²) in [6.07, 6.45) is 0. The number of rotatable bonds is 7. The van der Waals surface area contributed by atoms with E-state index in [0.717, 1.165) is 20.6 Å². The predicted octanol–water partition coefficient (Wildman–Crippen LogP) is 2.26. The monoisotopic (exact) mass is 469 g/mol. The number of aryl methyl sites for hydroxylation is 2. The average Bonchev–Trinajstić information content (AvgIpc) is 3.43. The number of hydrogen-bond donors (Lipinski definition) is 1. The topological polar surface area (TPSA) is 90.9 Å². The summed E-state index contributed by atoms with van der Waals surface area (Å²) < 4.78 is 4.24. The molecule has 0 radical (unpaired) electrons. The quantitative estimate of drug-likeness (QED) is 0.419. The number of amides is 1. The van der Waals surface area contributed by atoms with Gasteiger partial charge in [0.05, 0.1) is 18.8 Å². The van der Waals surface area contributed by atoms with Crippen LogP contribution in [-0.4, -0.2) is 30.3 Å². The van der Waals surface area contributed by atoms with Crippen molar-refractivity contribution in [1.82, 2.24) is 24.0 Å². The second-order valence-corrected chi connectivity index (χ2v) is 9.46. The molecular formula is C22H23N5O3S2. The second-order valence-electron chi connectivity index (χ2n) is 7.49. The first-order chi connectivity index (χ1) is 15.3. The van der Waals surface area contributed by atoms with Gasteiger partial charge < -0.3 is 9.88 Å². The molecule has 0 unspecified atom stereocenters. The average molecular weight is 470 g/mol. The molecule has 0 saturated carbocycles. The van der Waals surface area contributed by atoms with Crippen LogP contribution in [0.1, 0.15) is 16.0 Å². The van der Waals surface area contributed by atoms with Crippen molar-refractivity contribution in [3.8, 4) is 0 Å². The fraction of sp³-hybridized carbons (Fsp3) is 0.273. The molecule has 1 amide bonds. The molecule has 3 aromatic heterocycles. The van der Waals surface area contributed by atoms with Gasteiger partial charge in [0.25, 0.3) is 5.56 Å². The Bertz CT molecular complexity index is 1380. The molecule has 0 fully saturated rings. The van der Waals surface area contributed by atoms with Gasteiger partial charge in [-0.05, 0) is 23.9 Å². The number of imidazole rings is 1. The van der Waals surface area contributed by atoms with Gasteiger partial charge in [-0.2, -0.15) is 0 Å². The van der Waals surface area contributed by atoms with E-state index in [1.165, 1.54) is 23.4 Å². The Morgan fingerprint density at radius 3 is 2.56 bits per heavy atom. The van der Waals surface area contributed by atoms with Crippen molar-refractivity contribution in [2.45, 2.75) is 25.2 Å². The molecule has 0 aliphatic heterocycles. The van der Waals surface area contributed by atoms with Gasteiger partial charge in [-0.25, -0.2) is 9.78 Å². The highest BCUT2D eigenvalue weighted by Gasteiger charge is 2.20. The zero-order chi connectivity index (χ0) is 22.8. The molecule has 1 aromatic carbocycles. The fourth-order valence-electron chi connectivity index (χ4n) is 3.34. The van der Waals surface area contributed by atoms with Crippen molar-refractivity contribution in [3.63, 3.8) is 0 Å². The third-order valence-corrected chi connectivity index (χ3v) is 7.00. The summed E-state index contributed by atoms with van der Waals surface area (Å²) >= 11 is 2.83. The maximum atomic E-state index is 13.0. The third-order valence-electron chi connectivity index (χ3n) is 5.15. The number of fused-ring (bicyclic) bond motifs is 1. The zero-order valence-electron chi connectivity index (χ0n) is 18.0. The number of thioether (sulfide) groups is 1. The molecule has 8 nitrogen and oxygen atoms in total. The smallest absolute Gasteiger partial charge is 0.332 e. The van der Waals surface area contributed by atoms with E-state index in [1.54, 1.807) is 23.0 Å². The van der Waals surface area contributed by atoms with E-state index >= 15 is 0 Å². The Labute approximate surface area is 192 Å². The molecule has 10 heteroatoms. The number of carbonyl (C=O) groups is 1. The number of nitrogens with zero attached hydrogens (tertiary/aromatic N) is 4. The van der Waals surface area contributed by atoms with Crippen molar-refractivity contribution in [1.29, 1.82) is 0 Å². The van der Waals surface area contributed by atoms with Gasteiger partial charge in [0, 0.05) is 19.0 Å². The lowest BCUT2D eigenvalue weighted by atomic mass is 10.1. The van der Waals surface area contributed by atoms with Gasteiger partial charge in [0.2, 0.25) is 5.91 Å². The van der Waals surface area contributed by atoms with Gasteiger partial charge >= 0.3 is 5.69 Å². The highest BCUT2D eigenvalue weighted by molar-refractivity contribution is 7.99. The van der Waals surface area contributed by atoms with Crippen molar-refractivity contribution in [3.05, 3.63) is 78.6 Å². The summed E-state index contributed by atoms with van der Waals surface area (Å²) in [6.45, 7) is 2.90. The fourth-order valence-corrected chi connectivity index (χ4v) is 4.81. The normalized spacial score (nSPS) is 11.2. The number of hydrogen-bond acceptors (Lipinski definition) is 6. The van der Waals surface area contributed by atoms with Crippen LogP contribution >= 0.6 is 23.1 Å². The third kappa shape index (κ3) is 4.42. The standard InChI is InChI=1S/C22H23N5O3S2/c1-14-6-8-15(9-7-14)12-27-18-19(25(2)22(30)26(3)20(18)29)24-21(27)32-13-17(28)23-11-16-5-4-10-31-16/h4-10H,11-13H2,1-3H3,(H,23,28). The number of carbonyl (C=O) groups excluding carboxylic acids is 1. The van der Waals surface area contributed by atoms with Crippen LogP contribution in [-0.2, 0) is 32.0 Å². The van der Waals surface area contributed by atoms with Crippen LogP contribution < -0.4 is 16.6 Å². The molecule has 0 atom stereocenters. The van der Waals surface area contributed by atoms with Gasteiger partial charge in [0.1, 0.15) is 0 Å². The number of aromatic nitrogens is 4. The van der Waals surface area contributed by atoms with Gasteiger partial charge in [-0.3, -0.25) is 18.7 Å². The highest BCUT2D eigenvalue weighted by Crippen LogP contribution is 2.23. The Morgan fingerprint density at radius 2 is 1.88 bits per heavy atom. The zero-order valence-corrected chi connectivity index (χ0v) is 19.6. The Morgan fingerprint density at radius 1 is 1.12 bits per heavy atom. The maximum Gasteiger partial charge on any atom is 0.332 e. The van der Waals surface area contributed by atoms with E-state index in [1.807, 2.05) is 48.7 Å². The largest absolute Gasteiger partial charge is 0.350 e. The molecule has 0 spiro atoms. The highest BCUT2D eigenvalue weighted by atomic mass is 32.2. The molecule has 4 aromatic rings. The van der Waals surface area contributed by atoms with Crippen molar-refractivity contribution in [2.75, 3.05) is 5.75 Å². The summed E-state index contributed by atoms with van der Waals surface area (Å²) in [5.41, 5.74) is 1.95. The van der Waals surface area contributed by atoms with Gasteiger partial charge in [-0.1, -0.05) is 47.7 Å². The Hall–Kier alpha value is -3.11. The number of benzene rings is 1. The van der Waals surface area contributed by atoms with Crippen LogP contribution in [0.5, 0.6) is 0 Å². The number of thiophene rings is 1. The second kappa shape index (κ2) is 9.17. The number of nitrogens with one attached hydrogen (secondary N) is 1. The van der Waals surface area contributed by atoms with E-state index in [0.29, 0.717) is 29.4 Å². The summed E-state index contributed by atoms with van der Waals surface area (Å²) in [4.78, 5) is 43.4. The summed E-state index contributed by atoms with van der Waals surface area (Å²) in [5, 5.41) is 5.38. The van der Waals surface area contributed by atoms with Crippen LogP contribution in [0.2, 0.25) is 0 Å². The molecule has 166 valence electrons. The lowest BCUT2D eigenvalue weighted by Gasteiger charge is -2.10. The molecule has 0 aliphatic carbocycles. The van der Waals surface area contributed by atoms with Gasteiger partial charge in [0.15, 0.2) is 16.3 Å². The maximum absolute atomic E-state index is 13.0. The predicted molar refractivity (Wildman–Crippen MR) is 127 cm³/mol. The first-order valence-corrected chi connectivity index (χ1v) is 11.9. The van der Waals surface area contributed by atoms with Crippen LogP contribution in [0.4, 0.5) is 0 Å². The molecule has 0 aliphatic rings. The summed E-state index contributed by atoms with van der Waals surface area (Å²) in [6, 6.07) is 11.9. The first-order valence-electron chi connectivity index (χ1n) is 9.99.